The molecule has 0 bridgehead atoms. The predicted molar refractivity (Wildman–Crippen MR) is 109 cm³/mol. The number of pyridine rings is 1. The van der Waals surface area contributed by atoms with Gasteiger partial charge >= 0.3 is 0 Å². The molecule has 1 aliphatic heterocycles. The lowest BCUT2D eigenvalue weighted by Gasteiger charge is -2.28. The molecule has 0 spiro atoms. The van der Waals surface area contributed by atoms with Crippen molar-refractivity contribution in [2.24, 2.45) is 7.05 Å². The molecule has 0 amide bonds. The number of hydrogen-bond acceptors (Lipinski definition) is 2. The van der Waals surface area contributed by atoms with Gasteiger partial charge < -0.3 is 14.8 Å². The Morgan fingerprint density at radius 3 is 2.44 bits per heavy atom. The lowest BCUT2D eigenvalue weighted by molar-refractivity contribution is 0.564. The van der Waals surface area contributed by atoms with Crippen LogP contribution in [-0.4, -0.2) is 14.7 Å². The second kappa shape index (κ2) is 6.78. The molecule has 138 valence electrons. The van der Waals surface area contributed by atoms with Crippen molar-refractivity contribution in [3.63, 3.8) is 0 Å². The van der Waals surface area contributed by atoms with Crippen LogP contribution in [0, 0.1) is 19.7 Å². The number of aromatic nitrogens is 2. The number of benzene rings is 1. The summed E-state index contributed by atoms with van der Waals surface area (Å²) in [5.74, 6) is -0.263. The maximum atomic E-state index is 13.5. The molecule has 1 N–H and O–H groups in total. The van der Waals surface area contributed by atoms with E-state index in [4.69, 9.17) is 12.2 Å². The number of halogens is 1. The Hall–Kier alpha value is -2.73. The van der Waals surface area contributed by atoms with Crippen molar-refractivity contribution in [3.8, 4) is 0 Å². The first-order chi connectivity index (χ1) is 13.0. The van der Waals surface area contributed by atoms with E-state index in [-0.39, 0.29) is 17.9 Å². The fourth-order valence-electron chi connectivity index (χ4n) is 3.73. The molecule has 4 nitrogen and oxygen atoms in total. The lowest BCUT2D eigenvalue weighted by Crippen LogP contribution is -2.29. The molecule has 0 aliphatic carbocycles. The van der Waals surface area contributed by atoms with Crippen molar-refractivity contribution in [3.05, 3.63) is 83.2 Å². The molecule has 1 fully saturated rings. The molecule has 3 aromatic rings. The zero-order valence-corrected chi connectivity index (χ0v) is 16.3. The van der Waals surface area contributed by atoms with Gasteiger partial charge in [-0.3, -0.25) is 4.98 Å². The molecular weight excluding hydrogens is 359 g/mol. The van der Waals surface area contributed by atoms with E-state index in [2.05, 4.69) is 46.7 Å². The third-order valence-corrected chi connectivity index (χ3v) is 5.65. The molecule has 1 aromatic carbocycles. The first-order valence-electron chi connectivity index (χ1n) is 8.86. The number of anilines is 1. The van der Waals surface area contributed by atoms with E-state index in [0.717, 1.165) is 11.4 Å². The zero-order valence-electron chi connectivity index (χ0n) is 15.5. The third kappa shape index (κ3) is 3.00. The second-order valence-electron chi connectivity index (χ2n) is 6.86. The minimum Gasteiger partial charge on any atom is -0.352 e. The SMILES string of the molecule is Cc1cc([C@H]2[C@H](c3ccccn3)NC(=S)N2c2ccc(F)cc2)c(C)n1C. The Kier molecular flexibility index (Phi) is 4.44. The van der Waals surface area contributed by atoms with Crippen molar-refractivity contribution in [2.45, 2.75) is 25.9 Å². The summed E-state index contributed by atoms with van der Waals surface area (Å²) in [6.07, 6.45) is 1.79. The van der Waals surface area contributed by atoms with E-state index >= 15 is 0 Å². The van der Waals surface area contributed by atoms with Gasteiger partial charge in [-0.05, 0) is 74.1 Å². The molecule has 27 heavy (non-hydrogen) atoms. The maximum Gasteiger partial charge on any atom is 0.174 e. The first kappa shape index (κ1) is 17.7. The zero-order chi connectivity index (χ0) is 19.1. The molecule has 6 heteroatoms. The van der Waals surface area contributed by atoms with Gasteiger partial charge in [0.05, 0.1) is 17.8 Å². The highest BCUT2D eigenvalue weighted by molar-refractivity contribution is 7.80. The van der Waals surface area contributed by atoms with Crippen molar-refractivity contribution < 1.29 is 4.39 Å². The normalized spacial score (nSPS) is 19.4. The monoisotopic (exact) mass is 380 g/mol. The van der Waals surface area contributed by atoms with Crippen LogP contribution < -0.4 is 10.2 Å². The van der Waals surface area contributed by atoms with Gasteiger partial charge in [-0.1, -0.05) is 6.07 Å². The number of nitrogens with one attached hydrogen (secondary N) is 1. The summed E-state index contributed by atoms with van der Waals surface area (Å²) in [5.41, 5.74) is 5.33. The first-order valence-corrected chi connectivity index (χ1v) is 9.27. The van der Waals surface area contributed by atoms with Gasteiger partial charge in [-0.2, -0.15) is 0 Å². The van der Waals surface area contributed by atoms with Crippen LogP contribution in [0.25, 0.3) is 0 Å². The summed E-state index contributed by atoms with van der Waals surface area (Å²) in [7, 11) is 2.06. The van der Waals surface area contributed by atoms with Crippen LogP contribution in [-0.2, 0) is 7.05 Å². The Morgan fingerprint density at radius 2 is 1.85 bits per heavy atom. The summed E-state index contributed by atoms with van der Waals surface area (Å²) in [5, 5.41) is 4.04. The minimum atomic E-state index is -0.263. The number of thiocarbonyl (C=S) groups is 1. The van der Waals surface area contributed by atoms with Crippen LogP contribution >= 0.6 is 12.2 Å². The van der Waals surface area contributed by atoms with Crippen LogP contribution in [0.5, 0.6) is 0 Å². The van der Waals surface area contributed by atoms with Gasteiger partial charge in [-0.25, -0.2) is 4.39 Å². The topological polar surface area (TPSA) is 33.1 Å². The van der Waals surface area contributed by atoms with E-state index in [0.29, 0.717) is 5.11 Å². The van der Waals surface area contributed by atoms with Crippen molar-refractivity contribution in [2.75, 3.05) is 4.90 Å². The van der Waals surface area contributed by atoms with Crippen molar-refractivity contribution >= 4 is 23.0 Å². The Morgan fingerprint density at radius 1 is 1.11 bits per heavy atom. The molecule has 0 saturated carbocycles. The van der Waals surface area contributed by atoms with Gasteiger partial charge in [0, 0.05) is 30.3 Å². The molecule has 1 aliphatic rings. The number of hydrogen-bond donors (Lipinski definition) is 1. The highest BCUT2D eigenvalue weighted by Gasteiger charge is 2.42. The number of rotatable bonds is 3. The quantitative estimate of drug-likeness (QED) is 0.685. The molecule has 2 atom stereocenters. The summed E-state index contributed by atoms with van der Waals surface area (Å²) < 4.78 is 15.6. The Balaban J connectivity index is 1.87. The van der Waals surface area contributed by atoms with Gasteiger partial charge in [0.15, 0.2) is 5.11 Å². The van der Waals surface area contributed by atoms with E-state index in [1.165, 1.54) is 29.1 Å². The molecule has 2 aromatic heterocycles. The average molecular weight is 380 g/mol. The number of aryl methyl sites for hydroxylation is 1. The molecule has 4 rings (SSSR count). The van der Waals surface area contributed by atoms with E-state index < -0.39 is 0 Å². The van der Waals surface area contributed by atoms with E-state index in [1.807, 2.05) is 18.2 Å². The molecule has 3 heterocycles. The van der Waals surface area contributed by atoms with E-state index in [9.17, 15) is 4.39 Å². The van der Waals surface area contributed by atoms with Gasteiger partial charge in [0.2, 0.25) is 0 Å². The van der Waals surface area contributed by atoms with Gasteiger partial charge in [0.1, 0.15) is 5.82 Å². The maximum absolute atomic E-state index is 13.5. The molecule has 0 radical (unpaired) electrons. The summed E-state index contributed by atoms with van der Waals surface area (Å²) in [4.78, 5) is 6.62. The third-order valence-electron chi connectivity index (χ3n) is 5.34. The predicted octanol–water partition coefficient (Wildman–Crippen LogP) is 4.35. The van der Waals surface area contributed by atoms with Gasteiger partial charge in [0.25, 0.3) is 0 Å². The van der Waals surface area contributed by atoms with Crippen molar-refractivity contribution in [1.29, 1.82) is 0 Å². The summed E-state index contributed by atoms with van der Waals surface area (Å²) in [6.45, 7) is 4.21. The fraction of sp³-hybridized carbons (Fsp3) is 0.238. The standard InChI is InChI=1S/C21H21FN4S/c1-13-12-17(14(2)25(13)3)20-19(18-6-4-5-11-23-18)24-21(27)26(20)16-9-7-15(22)8-10-16/h4-12,19-20H,1-3H3,(H,24,27)/t19-,20-/m0/s1. The van der Waals surface area contributed by atoms with Crippen LogP contribution in [0.1, 0.15) is 34.7 Å². The molecular formula is C21H21FN4S. The van der Waals surface area contributed by atoms with Crippen molar-refractivity contribution in [1.82, 2.24) is 14.9 Å². The average Bonchev–Trinajstić information content (AvgIpc) is 3.14. The highest BCUT2D eigenvalue weighted by atomic mass is 32.1. The summed E-state index contributed by atoms with van der Waals surface area (Å²) in [6, 6.07) is 14.4. The fourth-order valence-corrected chi connectivity index (χ4v) is 4.08. The molecule has 0 unspecified atom stereocenters. The highest BCUT2D eigenvalue weighted by Crippen LogP contribution is 2.43. The number of nitrogens with zero attached hydrogens (tertiary/aromatic N) is 3. The Bertz CT molecular complexity index is 981. The Labute approximate surface area is 163 Å². The largest absolute Gasteiger partial charge is 0.352 e. The smallest absolute Gasteiger partial charge is 0.174 e. The van der Waals surface area contributed by atoms with Gasteiger partial charge in [-0.15, -0.1) is 0 Å². The lowest BCUT2D eigenvalue weighted by atomic mass is 9.96. The van der Waals surface area contributed by atoms with Crippen LogP contribution in [0.4, 0.5) is 10.1 Å². The second-order valence-corrected chi connectivity index (χ2v) is 7.25. The van der Waals surface area contributed by atoms with Crippen LogP contribution in [0.3, 0.4) is 0 Å². The van der Waals surface area contributed by atoms with E-state index in [1.54, 1.807) is 18.3 Å². The van der Waals surface area contributed by atoms with Crippen LogP contribution in [0.15, 0.2) is 54.7 Å². The molecule has 1 saturated heterocycles. The summed E-state index contributed by atoms with van der Waals surface area (Å²) >= 11 is 5.68. The van der Waals surface area contributed by atoms with Crippen LogP contribution in [0.2, 0.25) is 0 Å². The minimum absolute atomic E-state index is 0.0715.